The molecule has 5 rings (SSSR count). The third kappa shape index (κ3) is 4.86. The number of anilines is 3. The molecule has 1 amide bonds. The molecule has 0 radical (unpaired) electrons. The number of rotatable bonds is 8. The summed E-state index contributed by atoms with van der Waals surface area (Å²) in [7, 11) is 0. The molecular weight excluding hydrogens is 442 g/mol. The number of fused-ring (bicyclic) bond motifs is 1. The average Bonchev–Trinajstić information content (AvgIpc) is 3.59. The van der Waals surface area contributed by atoms with Gasteiger partial charge in [0.2, 0.25) is 11.9 Å². The third-order valence-corrected chi connectivity index (χ3v) is 6.07. The number of hydrogen-bond donors (Lipinski definition) is 2. The summed E-state index contributed by atoms with van der Waals surface area (Å²) in [6.45, 7) is 9.71. The van der Waals surface area contributed by atoms with Crippen LogP contribution in [-0.2, 0) is 11.3 Å². The van der Waals surface area contributed by atoms with Gasteiger partial charge in [-0.3, -0.25) is 9.48 Å². The van der Waals surface area contributed by atoms with Crippen molar-refractivity contribution in [2.45, 2.75) is 38.9 Å². The molecular formula is C25H29N9O. The Kier molecular flexibility index (Phi) is 6.17. The first-order chi connectivity index (χ1) is 17.0. The Morgan fingerprint density at radius 1 is 1.26 bits per heavy atom. The maximum atomic E-state index is 12.0. The third-order valence-electron chi connectivity index (χ3n) is 6.07. The number of nitrogens with zero attached hydrogens (tertiary/aromatic N) is 7. The van der Waals surface area contributed by atoms with Crippen molar-refractivity contribution in [3.05, 3.63) is 67.3 Å². The lowest BCUT2D eigenvalue weighted by molar-refractivity contribution is -0.125. The van der Waals surface area contributed by atoms with Gasteiger partial charge in [0.05, 0.1) is 24.8 Å². The number of imidazole rings is 1. The zero-order valence-corrected chi connectivity index (χ0v) is 19.9. The molecule has 1 aromatic carbocycles. The molecule has 180 valence electrons. The van der Waals surface area contributed by atoms with E-state index in [4.69, 9.17) is 9.97 Å². The van der Waals surface area contributed by atoms with Crippen molar-refractivity contribution >= 4 is 34.5 Å². The van der Waals surface area contributed by atoms with Crippen LogP contribution in [0.5, 0.6) is 0 Å². The molecule has 1 atom stereocenters. The van der Waals surface area contributed by atoms with Crippen LogP contribution in [0.4, 0.5) is 17.5 Å². The summed E-state index contributed by atoms with van der Waals surface area (Å²) in [4.78, 5) is 27.8. The molecule has 0 saturated carbocycles. The molecule has 4 heterocycles. The van der Waals surface area contributed by atoms with Gasteiger partial charge in [0, 0.05) is 31.4 Å². The van der Waals surface area contributed by atoms with Crippen LogP contribution in [0.15, 0.2) is 61.7 Å². The molecule has 1 aliphatic rings. The maximum Gasteiger partial charge on any atom is 0.246 e. The van der Waals surface area contributed by atoms with Crippen LogP contribution >= 0.6 is 0 Å². The summed E-state index contributed by atoms with van der Waals surface area (Å²) in [5.74, 6) is 1.04. The summed E-state index contributed by atoms with van der Waals surface area (Å²) < 4.78 is 3.90. The van der Waals surface area contributed by atoms with Gasteiger partial charge >= 0.3 is 0 Å². The van der Waals surface area contributed by atoms with Crippen LogP contribution in [0.1, 0.15) is 31.9 Å². The van der Waals surface area contributed by atoms with E-state index in [9.17, 15) is 4.79 Å². The van der Waals surface area contributed by atoms with E-state index in [1.807, 2.05) is 33.6 Å². The Morgan fingerprint density at radius 2 is 2.09 bits per heavy atom. The van der Waals surface area contributed by atoms with E-state index in [0.29, 0.717) is 36.9 Å². The van der Waals surface area contributed by atoms with Gasteiger partial charge in [0.25, 0.3) is 0 Å². The van der Waals surface area contributed by atoms with Crippen molar-refractivity contribution in [3.63, 3.8) is 0 Å². The first-order valence-electron chi connectivity index (χ1n) is 11.8. The molecule has 2 N–H and O–H groups in total. The molecule has 1 saturated heterocycles. The SMILES string of the molecule is C=CC(=O)N1CC[C@H](Nc2nc(Nc3cnn(Cc4ccccc4)c3)c3ncn(C(C)C)c3n2)C1. The molecule has 35 heavy (non-hydrogen) atoms. The number of nitrogens with one attached hydrogen (secondary N) is 2. The van der Waals surface area contributed by atoms with Crippen LogP contribution in [-0.4, -0.2) is 59.2 Å². The Bertz CT molecular complexity index is 1340. The van der Waals surface area contributed by atoms with Crippen molar-refractivity contribution in [1.29, 1.82) is 0 Å². The van der Waals surface area contributed by atoms with E-state index in [-0.39, 0.29) is 18.0 Å². The molecule has 4 aromatic rings. The first kappa shape index (κ1) is 22.6. The van der Waals surface area contributed by atoms with Crippen LogP contribution in [0, 0.1) is 0 Å². The van der Waals surface area contributed by atoms with Crippen LogP contribution in [0.3, 0.4) is 0 Å². The van der Waals surface area contributed by atoms with Gasteiger partial charge in [0.15, 0.2) is 17.0 Å². The molecule has 10 nitrogen and oxygen atoms in total. The molecule has 1 fully saturated rings. The van der Waals surface area contributed by atoms with Crippen LogP contribution in [0.2, 0.25) is 0 Å². The molecule has 0 spiro atoms. The van der Waals surface area contributed by atoms with Gasteiger partial charge in [-0.05, 0) is 31.9 Å². The standard InChI is InChI=1S/C25H29N9O/c1-4-21(35)32-11-10-19(14-32)29-25-30-23(22-24(31-25)34(16-26-22)17(2)3)28-20-12-27-33(15-20)13-18-8-6-5-7-9-18/h4-9,12,15-17,19H,1,10-11,13-14H2,2-3H3,(H2,28,29,30,31)/t19-/m0/s1. The average molecular weight is 472 g/mol. The second-order valence-corrected chi connectivity index (χ2v) is 8.97. The molecule has 0 bridgehead atoms. The van der Waals surface area contributed by atoms with Gasteiger partial charge in [-0.1, -0.05) is 36.9 Å². The van der Waals surface area contributed by atoms with Crippen LogP contribution in [0.25, 0.3) is 11.2 Å². The van der Waals surface area contributed by atoms with Crippen LogP contribution < -0.4 is 10.6 Å². The predicted octanol–water partition coefficient (Wildman–Crippen LogP) is 3.59. The minimum Gasteiger partial charge on any atom is -0.350 e. The van der Waals surface area contributed by atoms with Gasteiger partial charge in [-0.2, -0.15) is 15.1 Å². The Hall–Kier alpha value is -4.21. The summed E-state index contributed by atoms with van der Waals surface area (Å²) in [5, 5.41) is 11.3. The number of benzene rings is 1. The first-order valence-corrected chi connectivity index (χ1v) is 11.8. The summed E-state index contributed by atoms with van der Waals surface area (Å²) in [5.41, 5.74) is 3.42. The Balaban J connectivity index is 1.40. The van der Waals surface area contributed by atoms with E-state index in [1.54, 1.807) is 17.4 Å². The number of carbonyl (C=O) groups is 1. The second kappa shape index (κ2) is 9.57. The van der Waals surface area contributed by atoms with Gasteiger partial charge in [-0.15, -0.1) is 0 Å². The summed E-state index contributed by atoms with van der Waals surface area (Å²) in [6.07, 6.45) is 7.69. The number of likely N-dealkylation sites (tertiary alicyclic amines) is 1. The zero-order valence-electron chi connectivity index (χ0n) is 19.9. The highest BCUT2D eigenvalue weighted by atomic mass is 16.2. The largest absolute Gasteiger partial charge is 0.350 e. The quantitative estimate of drug-likeness (QED) is 0.378. The van der Waals surface area contributed by atoms with Crippen molar-refractivity contribution in [3.8, 4) is 0 Å². The number of amides is 1. The Morgan fingerprint density at radius 3 is 2.86 bits per heavy atom. The fraction of sp³-hybridized carbons (Fsp3) is 0.320. The van der Waals surface area contributed by atoms with E-state index in [0.717, 1.165) is 17.8 Å². The second-order valence-electron chi connectivity index (χ2n) is 8.97. The predicted molar refractivity (Wildman–Crippen MR) is 136 cm³/mol. The number of hydrogen-bond acceptors (Lipinski definition) is 7. The minimum atomic E-state index is -0.0570. The van der Waals surface area contributed by atoms with E-state index in [1.165, 1.54) is 11.6 Å². The summed E-state index contributed by atoms with van der Waals surface area (Å²) >= 11 is 0. The lowest BCUT2D eigenvalue weighted by Crippen LogP contribution is -2.30. The van der Waals surface area contributed by atoms with Crippen molar-refractivity contribution in [2.24, 2.45) is 0 Å². The minimum absolute atomic E-state index is 0.0570. The highest BCUT2D eigenvalue weighted by Gasteiger charge is 2.26. The Labute approximate surface area is 203 Å². The van der Waals surface area contributed by atoms with E-state index < -0.39 is 0 Å². The molecule has 0 aliphatic carbocycles. The highest BCUT2D eigenvalue weighted by Crippen LogP contribution is 2.27. The molecule has 0 unspecified atom stereocenters. The lowest BCUT2D eigenvalue weighted by atomic mass is 10.2. The molecule has 3 aromatic heterocycles. The van der Waals surface area contributed by atoms with E-state index in [2.05, 4.69) is 53.3 Å². The lowest BCUT2D eigenvalue weighted by Gasteiger charge is -2.16. The monoisotopic (exact) mass is 471 g/mol. The van der Waals surface area contributed by atoms with Crippen molar-refractivity contribution < 1.29 is 4.79 Å². The smallest absolute Gasteiger partial charge is 0.246 e. The van der Waals surface area contributed by atoms with Gasteiger partial charge in [-0.25, -0.2) is 4.98 Å². The number of carbonyl (C=O) groups excluding carboxylic acids is 1. The topological polar surface area (TPSA) is 106 Å². The number of aromatic nitrogens is 6. The molecule has 1 aliphatic heterocycles. The fourth-order valence-corrected chi connectivity index (χ4v) is 4.26. The van der Waals surface area contributed by atoms with Gasteiger partial charge in [0.1, 0.15) is 0 Å². The van der Waals surface area contributed by atoms with Gasteiger partial charge < -0.3 is 20.1 Å². The fourth-order valence-electron chi connectivity index (χ4n) is 4.26. The van der Waals surface area contributed by atoms with Crippen molar-refractivity contribution in [1.82, 2.24) is 34.2 Å². The summed E-state index contributed by atoms with van der Waals surface area (Å²) in [6, 6.07) is 10.4. The maximum absolute atomic E-state index is 12.0. The normalized spacial score (nSPS) is 15.6. The molecule has 10 heteroatoms. The zero-order chi connectivity index (χ0) is 24.4. The highest BCUT2D eigenvalue weighted by molar-refractivity contribution is 5.87. The van der Waals surface area contributed by atoms with E-state index >= 15 is 0 Å². The van der Waals surface area contributed by atoms with Crippen molar-refractivity contribution in [2.75, 3.05) is 23.7 Å².